The van der Waals surface area contributed by atoms with Crippen LogP contribution < -0.4 is 0 Å². The van der Waals surface area contributed by atoms with Gasteiger partial charge in [-0.25, -0.2) is 13.9 Å². The zero-order valence-electron chi connectivity index (χ0n) is 8.00. The summed E-state index contributed by atoms with van der Waals surface area (Å²) < 4.78 is 24.1. The molecule has 0 saturated heterocycles. The Morgan fingerprint density at radius 1 is 1.64 bits per heavy atom. The van der Waals surface area contributed by atoms with Crippen LogP contribution in [0.3, 0.4) is 0 Å². The van der Waals surface area contributed by atoms with Crippen LogP contribution in [0.4, 0.5) is 0 Å². The van der Waals surface area contributed by atoms with E-state index in [0.717, 1.165) is 6.08 Å². The predicted octanol–water partition coefficient (Wildman–Crippen LogP) is 1.22. The number of phosphoric acid groups is 1. The van der Waals surface area contributed by atoms with Gasteiger partial charge < -0.3 is 9.63 Å². The summed E-state index contributed by atoms with van der Waals surface area (Å²) in [6.45, 7) is 5.63. The van der Waals surface area contributed by atoms with Crippen molar-refractivity contribution in [3.63, 3.8) is 0 Å². The molecule has 0 aliphatic carbocycles. The second-order valence-corrected chi connectivity index (χ2v) is 3.94. The minimum absolute atomic E-state index is 0.457. The molecule has 0 spiro atoms. The van der Waals surface area contributed by atoms with Gasteiger partial charge in [-0.15, -0.1) is 0 Å². The molecule has 14 heavy (non-hydrogen) atoms. The van der Waals surface area contributed by atoms with Crippen molar-refractivity contribution in [1.29, 1.82) is 0 Å². The third-order valence-corrected chi connectivity index (χ3v) is 2.05. The first-order valence-corrected chi connectivity index (χ1v) is 5.32. The molecule has 0 amide bonds. The number of carbonyl (C=O) groups is 1. The van der Waals surface area contributed by atoms with Gasteiger partial charge in [0.25, 0.3) is 0 Å². The lowest BCUT2D eigenvalue weighted by molar-refractivity contribution is -0.145. The van der Waals surface area contributed by atoms with Gasteiger partial charge >= 0.3 is 13.8 Å². The Hall–Kier alpha value is -0.680. The molecule has 0 aliphatic rings. The van der Waals surface area contributed by atoms with Crippen LogP contribution in [0.1, 0.15) is 13.8 Å². The van der Waals surface area contributed by atoms with Crippen LogP contribution in [0.5, 0.6) is 0 Å². The summed E-state index contributed by atoms with van der Waals surface area (Å²) in [4.78, 5) is 19.5. The van der Waals surface area contributed by atoms with Crippen molar-refractivity contribution in [3.05, 3.63) is 12.7 Å². The Morgan fingerprint density at radius 2 is 2.21 bits per heavy atom. The van der Waals surface area contributed by atoms with Gasteiger partial charge in [0.2, 0.25) is 6.79 Å². The summed E-state index contributed by atoms with van der Waals surface area (Å²) in [6.07, 6.45) is 0.454. The molecule has 0 fully saturated rings. The van der Waals surface area contributed by atoms with E-state index in [1.807, 2.05) is 0 Å². The minimum atomic E-state index is -4.13. The van der Waals surface area contributed by atoms with E-state index in [0.29, 0.717) is 0 Å². The Morgan fingerprint density at radius 3 is 2.64 bits per heavy atom. The average molecular weight is 224 g/mol. The molecule has 6 nitrogen and oxygen atoms in total. The van der Waals surface area contributed by atoms with Gasteiger partial charge in [0, 0.05) is 6.08 Å². The smallest absolute Gasteiger partial charge is 0.435 e. The SMILES string of the molecule is C=CC(=O)OCOP(=O)(O)OC(C)C. The fourth-order valence-electron chi connectivity index (χ4n) is 0.507. The first-order valence-electron chi connectivity index (χ1n) is 3.82. The summed E-state index contributed by atoms with van der Waals surface area (Å²) in [5.41, 5.74) is 0. The molecule has 0 aromatic heterocycles. The normalized spacial score (nSPS) is 14.9. The van der Waals surface area contributed by atoms with Gasteiger partial charge in [-0.3, -0.25) is 4.52 Å². The van der Waals surface area contributed by atoms with Crippen molar-refractivity contribution < 1.29 is 28.0 Å². The second-order valence-electron chi connectivity index (χ2n) is 2.54. The van der Waals surface area contributed by atoms with Crippen LogP contribution in [-0.2, 0) is 23.1 Å². The van der Waals surface area contributed by atoms with Crippen molar-refractivity contribution in [2.45, 2.75) is 20.0 Å². The quantitative estimate of drug-likeness (QED) is 0.316. The van der Waals surface area contributed by atoms with Crippen molar-refractivity contribution in [2.75, 3.05) is 6.79 Å². The van der Waals surface area contributed by atoms with Crippen LogP contribution >= 0.6 is 7.82 Å². The number of hydrogen-bond acceptors (Lipinski definition) is 5. The Kier molecular flexibility index (Phi) is 5.64. The molecule has 0 rings (SSSR count). The highest BCUT2D eigenvalue weighted by Crippen LogP contribution is 2.44. The third-order valence-electron chi connectivity index (χ3n) is 0.928. The van der Waals surface area contributed by atoms with Gasteiger partial charge in [-0.05, 0) is 13.8 Å². The number of carbonyl (C=O) groups excluding carboxylic acids is 1. The molecule has 0 heterocycles. The van der Waals surface area contributed by atoms with Crippen molar-refractivity contribution in [3.8, 4) is 0 Å². The first-order chi connectivity index (χ1) is 6.37. The first kappa shape index (κ1) is 13.3. The molecule has 7 heteroatoms. The van der Waals surface area contributed by atoms with Crippen molar-refractivity contribution >= 4 is 13.8 Å². The second kappa shape index (κ2) is 5.93. The third kappa shape index (κ3) is 6.80. The molecule has 82 valence electrons. The van der Waals surface area contributed by atoms with Crippen LogP contribution in [0, 0.1) is 0 Å². The number of rotatable bonds is 6. The van der Waals surface area contributed by atoms with Gasteiger partial charge in [-0.1, -0.05) is 6.58 Å². The molecule has 0 aromatic rings. The highest BCUT2D eigenvalue weighted by Gasteiger charge is 2.22. The number of hydrogen-bond donors (Lipinski definition) is 1. The topological polar surface area (TPSA) is 82.1 Å². The number of ether oxygens (including phenoxy) is 1. The highest BCUT2D eigenvalue weighted by molar-refractivity contribution is 7.47. The maximum absolute atomic E-state index is 11.0. The lowest BCUT2D eigenvalue weighted by Gasteiger charge is -2.13. The summed E-state index contributed by atoms with van der Waals surface area (Å²) in [7, 11) is -4.13. The average Bonchev–Trinajstić information content (AvgIpc) is 2.01. The molecule has 0 saturated carbocycles. The van der Waals surface area contributed by atoms with Crippen LogP contribution in [0.2, 0.25) is 0 Å². The summed E-state index contributed by atoms with van der Waals surface area (Å²) in [6, 6.07) is 0. The van der Waals surface area contributed by atoms with Crippen LogP contribution in [0.15, 0.2) is 12.7 Å². The molecular formula is C7H13O6P. The molecule has 0 radical (unpaired) electrons. The van der Waals surface area contributed by atoms with Gasteiger partial charge in [0.15, 0.2) is 0 Å². The maximum Gasteiger partial charge on any atom is 0.475 e. The van der Waals surface area contributed by atoms with Crippen molar-refractivity contribution in [2.24, 2.45) is 0 Å². The van der Waals surface area contributed by atoms with E-state index in [-0.39, 0.29) is 0 Å². The fraction of sp³-hybridized carbons (Fsp3) is 0.571. The van der Waals surface area contributed by atoms with E-state index in [1.54, 1.807) is 13.8 Å². The maximum atomic E-state index is 11.0. The summed E-state index contributed by atoms with van der Waals surface area (Å²) >= 11 is 0. The Balaban J connectivity index is 3.82. The largest absolute Gasteiger partial charge is 0.475 e. The van der Waals surface area contributed by atoms with Gasteiger partial charge in [-0.2, -0.15) is 0 Å². The number of esters is 1. The zero-order chi connectivity index (χ0) is 11.2. The molecular weight excluding hydrogens is 211 g/mol. The lowest BCUT2D eigenvalue weighted by atomic mass is 10.5. The zero-order valence-corrected chi connectivity index (χ0v) is 8.90. The summed E-state index contributed by atoms with van der Waals surface area (Å²) in [5, 5.41) is 0. The van der Waals surface area contributed by atoms with Gasteiger partial charge in [0.05, 0.1) is 6.10 Å². The monoisotopic (exact) mass is 224 g/mol. The van der Waals surface area contributed by atoms with E-state index in [4.69, 9.17) is 4.89 Å². The number of phosphoric ester groups is 1. The fourth-order valence-corrected chi connectivity index (χ4v) is 1.29. The molecule has 1 unspecified atom stereocenters. The standard InChI is InChI=1S/C7H13O6P/c1-4-7(8)11-5-12-14(9,10)13-6(2)3/h4,6H,1,5H2,2-3H3,(H,9,10). The van der Waals surface area contributed by atoms with Crippen molar-refractivity contribution in [1.82, 2.24) is 0 Å². The van der Waals surface area contributed by atoms with E-state index in [2.05, 4.69) is 20.4 Å². The highest BCUT2D eigenvalue weighted by atomic mass is 31.2. The molecule has 0 aliphatic heterocycles. The molecule has 0 bridgehead atoms. The van der Waals surface area contributed by atoms with E-state index in [1.165, 1.54) is 0 Å². The summed E-state index contributed by atoms with van der Waals surface area (Å²) in [5.74, 6) is -0.741. The molecule has 0 aromatic carbocycles. The Bertz CT molecular complexity index is 249. The lowest BCUT2D eigenvalue weighted by Crippen LogP contribution is -2.07. The molecule has 1 atom stereocenters. The van der Waals surface area contributed by atoms with Crippen LogP contribution in [0.25, 0.3) is 0 Å². The minimum Gasteiger partial charge on any atom is -0.435 e. The van der Waals surface area contributed by atoms with Crippen LogP contribution in [-0.4, -0.2) is 23.8 Å². The van der Waals surface area contributed by atoms with E-state index < -0.39 is 26.7 Å². The van der Waals surface area contributed by atoms with E-state index >= 15 is 0 Å². The Labute approximate surface area is 82.1 Å². The molecule has 1 N–H and O–H groups in total. The predicted molar refractivity (Wildman–Crippen MR) is 48.3 cm³/mol. The van der Waals surface area contributed by atoms with E-state index in [9.17, 15) is 9.36 Å². The van der Waals surface area contributed by atoms with Gasteiger partial charge in [0.1, 0.15) is 0 Å².